The second-order valence-corrected chi connectivity index (χ2v) is 8.46. The first-order chi connectivity index (χ1) is 14.0. The van der Waals surface area contributed by atoms with Crippen LogP contribution in [0.1, 0.15) is 45.1 Å². The van der Waals surface area contributed by atoms with E-state index in [-0.39, 0.29) is 22.7 Å². The summed E-state index contributed by atoms with van der Waals surface area (Å²) in [7, 11) is 0. The number of hydrogen-bond donors (Lipinski definition) is 0. The fourth-order valence-electron chi connectivity index (χ4n) is 3.62. The molecule has 0 aliphatic carbocycles. The molecule has 3 aromatic rings. The van der Waals surface area contributed by atoms with E-state index in [4.69, 9.17) is 0 Å². The maximum absolute atomic E-state index is 13.2. The number of fused-ring (bicyclic) bond motifs is 1. The Bertz CT molecular complexity index is 1130. The van der Waals surface area contributed by atoms with E-state index in [1.165, 1.54) is 16.8 Å². The van der Waals surface area contributed by atoms with Gasteiger partial charge in [0.05, 0.1) is 18.3 Å². The van der Waals surface area contributed by atoms with Gasteiger partial charge < -0.3 is 4.90 Å². The fourth-order valence-corrected chi connectivity index (χ4v) is 3.62. The Morgan fingerprint density at radius 2 is 1.83 bits per heavy atom. The van der Waals surface area contributed by atoms with Crippen molar-refractivity contribution in [2.45, 2.75) is 57.8 Å². The molecule has 0 aromatic carbocycles. The van der Waals surface area contributed by atoms with Gasteiger partial charge in [-0.3, -0.25) is 4.79 Å². The normalized spacial score (nSPS) is 17.8. The van der Waals surface area contributed by atoms with Crippen LogP contribution in [0.2, 0.25) is 0 Å². The van der Waals surface area contributed by atoms with E-state index >= 15 is 0 Å². The Balaban J connectivity index is 1.66. The monoisotopic (exact) mass is 421 g/mol. The Labute approximate surface area is 170 Å². The van der Waals surface area contributed by atoms with E-state index < -0.39 is 12.0 Å². The zero-order valence-corrected chi connectivity index (χ0v) is 16.9. The van der Waals surface area contributed by atoms with Crippen molar-refractivity contribution in [3.05, 3.63) is 46.1 Å². The van der Waals surface area contributed by atoms with Crippen LogP contribution >= 0.6 is 0 Å². The summed E-state index contributed by atoms with van der Waals surface area (Å²) in [6.07, 6.45) is -3.03. The molecular formula is C19H22F3N7O. The van der Waals surface area contributed by atoms with Gasteiger partial charge >= 0.3 is 6.18 Å². The molecule has 0 amide bonds. The van der Waals surface area contributed by atoms with Crippen LogP contribution < -0.4 is 10.5 Å². The molecular weight excluding hydrogens is 399 g/mol. The largest absolute Gasteiger partial charge is 0.453 e. The number of hydrogen-bond acceptors (Lipinski definition) is 6. The molecule has 1 fully saturated rings. The molecule has 4 rings (SSSR count). The number of rotatable bonds is 3. The molecule has 0 radical (unpaired) electrons. The Hall–Kier alpha value is -2.98. The van der Waals surface area contributed by atoms with Crippen molar-refractivity contribution in [3.63, 3.8) is 0 Å². The minimum absolute atomic E-state index is 0.0255. The summed E-state index contributed by atoms with van der Waals surface area (Å²) in [5.74, 6) is -0.777. The van der Waals surface area contributed by atoms with Gasteiger partial charge in [-0.15, -0.1) is 15.3 Å². The maximum Gasteiger partial charge on any atom is 0.453 e. The number of nitrogens with zero attached hydrogens (tertiary/aromatic N) is 7. The van der Waals surface area contributed by atoms with Crippen LogP contribution in [0.3, 0.4) is 0 Å². The summed E-state index contributed by atoms with van der Waals surface area (Å²) in [6.45, 7) is 7.00. The van der Waals surface area contributed by atoms with Crippen molar-refractivity contribution in [1.29, 1.82) is 0 Å². The minimum atomic E-state index is -4.65. The summed E-state index contributed by atoms with van der Waals surface area (Å²) in [6, 6.07) is 6.21. The van der Waals surface area contributed by atoms with Gasteiger partial charge in [-0.25, -0.2) is 4.68 Å². The first-order valence-electron chi connectivity index (χ1n) is 9.69. The zero-order chi connectivity index (χ0) is 21.7. The first kappa shape index (κ1) is 20.3. The van der Waals surface area contributed by atoms with Gasteiger partial charge in [0.1, 0.15) is 5.82 Å². The molecule has 8 nitrogen and oxygen atoms in total. The molecule has 1 aliphatic rings. The molecule has 0 spiro atoms. The van der Waals surface area contributed by atoms with Crippen molar-refractivity contribution in [2.24, 2.45) is 0 Å². The molecule has 11 heteroatoms. The molecule has 160 valence electrons. The topological polar surface area (TPSA) is 81.2 Å². The van der Waals surface area contributed by atoms with Crippen LogP contribution in [0.25, 0.3) is 5.65 Å². The van der Waals surface area contributed by atoms with E-state index in [1.54, 1.807) is 12.1 Å². The Morgan fingerprint density at radius 3 is 2.53 bits per heavy atom. The summed E-state index contributed by atoms with van der Waals surface area (Å²) in [5.41, 5.74) is 0.402. The van der Waals surface area contributed by atoms with Crippen molar-refractivity contribution < 1.29 is 13.2 Å². The molecule has 1 aliphatic heterocycles. The third-order valence-corrected chi connectivity index (χ3v) is 5.19. The molecule has 1 atom stereocenters. The zero-order valence-electron chi connectivity index (χ0n) is 16.9. The summed E-state index contributed by atoms with van der Waals surface area (Å²) < 4.78 is 41.7. The average molecular weight is 421 g/mol. The molecule has 30 heavy (non-hydrogen) atoms. The van der Waals surface area contributed by atoms with Crippen LogP contribution in [0.15, 0.2) is 29.1 Å². The number of anilines is 1. The van der Waals surface area contributed by atoms with Crippen LogP contribution in [0.5, 0.6) is 0 Å². The van der Waals surface area contributed by atoms with Gasteiger partial charge in [0.25, 0.3) is 11.4 Å². The lowest BCUT2D eigenvalue weighted by Gasteiger charge is -2.26. The van der Waals surface area contributed by atoms with Gasteiger partial charge in [0.2, 0.25) is 0 Å². The van der Waals surface area contributed by atoms with Gasteiger partial charge in [-0.1, -0.05) is 20.8 Å². The third kappa shape index (κ3) is 3.75. The third-order valence-electron chi connectivity index (χ3n) is 5.19. The second kappa shape index (κ2) is 7.06. The standard InChI is InChI=1S/C19H22F3N7O/c1-18(2,3)13-6-9-16(30)28(25-13)11-12-5-4-10-27(12)15-8-7-14-23-24-17(19(20,21)22)29(14)26-15/h6-9,12H,4-5,10-11H2,1-3H3. The molecule has 0 saturated carbocycles. The molecule has 0 bridgehead atoms. The number of alkyl halides is 3. The number of halogens is 3. The highest BCUT2D eigenvalue weighted by Crippen LogP contribution is 2.29. The van der Waals surface area contributed by atoms with Crippen molar-refractivity contribution in [1.82, 2.24) is 29.6 Å². The van der Waals surface area contributed by atoms with Crippen molar-refractivity contribution >= 4 is 11.5 Å². The lowest BCUT2D eigenvalue weighted by Crippen LogP contribution is -2.38. The van der Waals surface area contributed by atoms with Gasteiger partial charge in [-0.2, -0.15) is 22.8 Å². The minimum Gasteiger partial charge on any atom is -0.350 e. The van der Waals surface area contributed by atoms with Gasteiger partial charge in [0, 0.05) is 18.0 Å². The predicted molar refractivity (Wildman–Crippen MR) is 103 cm³/mol. The van der Waals surface area contributed by atoms with E-state index in [1.807, 2.05) is 25.7 Å². The van der Waals surface area contributed by atoms with Gasteiger partial charge in [0.15, 0.2) is 5.65 Å². The SMILES string of the molecule is CC(C)(C)c1ccc(=O)n(CC2CCCN2c2ccc3nnc(C(F)(F)F)n3n2)n1. The second-order valence-electron chi connectivity index (χ2n) is 8.46. The summed E-state index contributed by atoms with van der Waals surface area (Å²) in [5, 5.41) is 15.4. The van der Waals surface area contributed by atoms with E-state index in [0.717, 1.165) is 23.1 Å². The Morgan fingerprint density at radius 1 is 1.07 bits per heavy atom. The lowest BCUT2D eigenvalue weighted by atomic mass is 9.92. The lowest BCUT2D eigenvalue weighted by molar-refractivity contribution is -0.146. The van der Waals surface area contributed by atoms with Crippen molar-refractivity contribution in [3.8, 4) is 0 Å². The first-order valence-corrected chi connectivity index (χ1v) is 9.69. The molecule has 1 unspecified atom stereocenters. The highest BCUT2D eigenvalue weighted by atomic mass is 19.4. The predicted octanol–water partition coefficient (Wildman–Crippen LogP) is 2.67. The molecule has 0 N–H and O–H groups in total. The van der Waals surface area contributed by atoms with E-state index in [2.05, 4.69) is 20.4 Å². The highest BCUT2D eigenvalue weighted by Gasteiger charge is 2.38. The molecule has 4 heterocycles. The van der Waals surface area contributed by atoms with E-state index in [9.17, 15) is 18.0 Å². The van der Waals surface area contributed by atoms with Gasteiger partial charge in [-0.05, 0) is 31.0 Å². The summed E-state index contributed by atoms with van der Waals surface area (Å²) >= 11 is 0. The Kier molecular flexibility index (Phi) is 4.78. The van der Waals surface area contributed by atoms with Crippen molar-refractivity contribution in [2.75, 3.05) is 11.4 Å². The average Bonchev–Trinajstić information content (AvgIpc) is 3.28. The number of aromatic nitrogens is 6. The quantitative estimate of drug-likeness (QED) is 0.647. The van der Waals surface area contributed by atoms with E-state index in [0.29, 0.717) is 18.9 Å². The molecule has 1 saturated heterocycles. The van der Waals surface area contributed by atoms with Crippen LogP contribution in [0, 0.1) is 0 Å². The summed E-state index contributed by atoms with van der Waals surface area (Å²) in [4.78, 5) is 14.3. The highest BCUT2D eigenvalue weighted by molar-refractivity contribution is 5.47. The van der Waals surface area contributed by atoms with Crippen LogP contribution in [0.4, 0.5) is 19.0 Å². The fraction of sp³-hybridized carbons (Fsp3) is 0.526. The maximum atomic E-state index is 13.2. The molecule has 3 aromatic heterocycles. The van der Waals surface area contributed by atoms with Crippen LogP contribution in [-0.4, -0.2) is 42.2 Å². The smallest absolute Gasteiger partial charge is 0.350 e. The van der Waals surface area contributed by atoms with Crippen LogP contribution in [-0.2, 0) is 18.1 Å².